The lowest BCUT2D eigenvalue weighted by atomic mass is 10.2. The van der Waals surface area contributed by atoms with Crippen molar-refractivity contribution in [3.05, 3.63) is 64.1 Å². The van der Waals surface area contributed by atoms with Crippen molar-refractivity contribution in [1.29, 1.82) is 0 Å². The third-order valence-corrected chi connectivity index (χ3v) is 3.74. The van der Waals surface area contributed by atoms with Crippen LogP contribution >= 0.6 is 23.2 Å². The monoisotopic (exact) mass is 363 g/mol. The molecule has 0 aliphatic heterocycles. The first-order valence-corrected chi connectivity index (χ1v) is 7.85. The maximum absolute atomic E-state index is 12.0. The molecular formula is C17H15Cl2N3O2. The largest absolute Gasteiger partial charge is 0.326 e. The van der Waals surface area contributed by atoms with Crippen LogP contribution in [-0.2, 0) is 4.79 Å². The number of halogens is 2. The highest BCUT2D eigenvalue weighted by Crippen LogP contribution is 2.22. The predicted octanol–water partition coefficient (Wildman–Crippen LogP) is 4.13. The van der Waals surface area contributed by atoms with E-state index in [1.807, 2.05) is 18.2 Å². The van der Waals surface area contributed by atoms with Gasteiger partial charge < -0.3 is 5.32 Å². The minimum atomic E-state index is -0.434. The van der Waals surface area contributed by atoms with Gasteiger partial charge in [0.1, 0.15) is 0 Å². The molecule has 5 nitrogen and oxygen atoms in total. The van der Waals surface area contributed by atoms with E-state index < -0.39 is 5.91 Å². The summed E-state index contributed by atoms with van der Waals surface area (Å²) < 4.78 is 0. The topological polar surface area (TPSA) is 70.6 Å². The van der Waals surface area contributed by atoms with Gasteiger partial charge in [-0.3, -0.25) is 9.59 Å². The highest BCUT2D eigenvalue weighted by Gasteiger charge is 2.08. The zero-order chi connectivity index (χ0) is 17.5. The summed E-state index contributed by atoms with van der Waals surface area (Å²) in [6.07, 6.45) is 0.0660. The third-order valence-electron chi connectivity index (χ3n) is 3.00. The van der Waals surface area contributed by atoms with Crippen molar-refractivity contribution in [2.75, 3.05) is 5.32 Å². The number of rotatable bonds is 5. The van der Waals surface area contributed by atoms with Crippen LogP contribution in [0.2, 0.25) is 10.0 Å². The standard InChI is InChI=1S/C17H15Cl2N3O2/c1-11(9-16(23)20-13-5-3-2-4-6-13)21-22-17(24)12-7-8-14(18)15(19)10-12/h2-8,10H,9H2,1H3,(H,20,23)(H,22,24)/b21-11-. The summed E-state index contributed by atoms with van der Waals surface area (Å²) in [4.78, 5) is 23.9. The van der Waals surface area contributed by atoms with Crippen LogP contribution in [0.5, 0.6) is 0 Å². The first kappa shape index (κ1) is 18.0. The zero-order valence-electron chi connectivity index (χ0n) is 12.8. The molecule has 2 aromatic carbocycles. The molecule has 7 heteroatoms. The molecule has 0 fully saturated rings. The van der Waals surface area contributed by atoms with Gasteiger partial charge in [0.15, 0.2) is 0 Å². The van der Waals surface area contributed by atoms with Gasteiger partial charge >= 0.3 is 0 Å². The van der Waals surface area contributed by atoms with E-state index in [1.54, 1.807) is 19.1 Å². The van der Waals surface area contributed by atoms with Crippen molar-refractivity contribution in [2.45, 2.75) is 13.3 Å². The number of anilines is 1. The van der Waals surface area contributed by atoms with Crippen molar-refractivity contribution in [1.82, 2.24) is 5.43 Å². The van der Waals surface area contributed by atoms with E-state index in [1.165, 1.54) is 18.2 Å². The molecule has 0 aromatic heterocycles. The molecule has 0 atom stereocenters. The van der Waals surface area contributed by atoms with Gasteiger partial charge in [0.2, 0.25) is 5.91 Å². The quantitative estimate of drug-likeness (QED) is 0.619. The van der Waals surface area contributed by atoms with Gasteiger partial charge in [0.05, 0.1) is 16.5 Å². The van der Waals surface area contributed by atoms with Gasteiger partial charge in [-0.05, 0) is 37.3 Å². The maximum atomic E-state index is 12.0. The Morgan fingerprint density at radius 1 is 1.04 bits per heavy atom. The van der Waals surface area contributed by atoms with Crippen LogP contribution in [0, 0.1) is 0 Å². The summed E-state index contributed by atoms with van der Waals surface area (Å²) in [5.74, 6) is -0.650. The van der Waals surface area contributed by atoms with Gasteiger partial charge in [-0.1, -0.05) is 41.4 Å². The number of hydrogen-bond donors (Lipinski definition) is 2. The molecule has 0 aliphatic rings. The van der Waals surface area contributed by atoms with Crippen LogP contribution in [0.4, 0.5) is 5.69 Å². The number of nitrogens with one attached hydrogen (secondary N) is 2. The molecule has 2 N–H and O–H groups in total. The third kappa shape index (κ3) is 5.37. The fourth-order valence-electron chi connectivity index (χ4n) is 1.85. The summed E-state index contributed by atoms with van der Waals surface area (Å²) in [6.45, 7) is 1.65. The van der Waals surface area contributed by atoms with Crippen molar-refractivity contribution in [3.8, 4) is 0 Å². The Balaban J connectivity index is 1.89. The van der Waals surface area contributed by atoms with Crippen LogP contribution < -0.4 is 10.7 Å². The molecule has 0 saturated carbocycles. The molecule has 2 rings (SSSR count). The van der Waals surface area contributed by atoms with Crippen LogP contribution in [0.3, 0.4) is 0 Å². The van der Waals surface area contributed by atoms with Gasteiger partial charge in [-0.25, -0.2) is 5.43 Å². The average molecular weight is 364 g/mol. The van der Waals surface area contributed by atoms with Crippen LogP contribution in [0.15, 0.2) is 53.6 Å². The molecule has 2 aromatic rings. The van der Waals surface area contributed by atoms with Gasteiger partial charge in [-0.15, -0.1) is 0 Å². The first-order valence-electron chi connectivity index (χ1n) is 7.09. The van der Waals surface area contributed by atoms with E-state index in [0.29, 0.717) is 22.0 Å². The fraction of sp³-hybridized carbons (Fsp3) is 0.118. The molecule has 0 unspecified atom stereocenters. The lowest BCUT2D eigenvalue weighted by molar-refractivity contribution is -0.115. The van der Waals surface area contributed by atoms with E-state index in [9.17, 15) is 9.59 Å². The number of hydrazone groups is 1. The number of nitrogens with zero attached hydrogens (tertiary/aromatic N) is 1. The Bertz CT molecular complexity index is 777. The summed E-state index contributed by atoms with van der Waals surface area (Å²) in [6, 6.07) is 13.6. The number of hydrogen-bond acceptors (Lipinski definition) is 3. The van der Waals surface area contributed by atoms with Gasteiger partial charge in [0.25, 0.3) is 5.91 Å². The van der Waals surface area contributed by atoms with Crippen LogP contribution in [-0.4, -0.2) is 17.5 Å². The first-order chi connectivity index (χ1) is 11.5. The smallest absolute Gasteiger partial charge is 0.271 e. The summed E-state index contributed by atoms with van der Waals surface area (Å²) in [5.41, 5.74) is 3.88. The van der Waals surface area contributed by atoms with E-state index in [2.05, 4.69) is 15.8 Å². The summed E-state index contributed by atoms with van der Waals surface area (Å²) in [5, 5.41) is 7.31. The number of carbonyl (C=O) groups excluding carboxylic acids is 2. The minimum Gasteiger partial charge on any atom is -0.326 e. The Labute approximate surface area is 149 Å². The van der Waals surface area contributed by atoms with Crippen molar-refractivity contribution in [3.63, 3.8) is 0 Å². The molecule has 0 spiro atoms. The summed E-state index contributed by atoms with van der Waals surface area (Å²) in [7, 11) is 0. The van der Waals surface area contributed by atoms with Crippen molar-refractivity contribution < 1.29 is 9.59 Å². The second kappa shape index (κ2) is 8.47. The predicted molar refractivity (Wildman–Crippen MR) is 96.7 cm³/mol. The normalized spacial score (nSPS) is 11.0. The SMILES string of the molecule is C/C(CC(=O)Nc1ccccc1)=N/NC(=O)c1ccc(Cl)c(Cl)c1. The lowest BCUT2D eigenvalue weighted by Crippen LogP contribution is -2.21. The van der Waals surface area contributed by atoms with E-state index in [-0.39, 0.29) is 17.4 Å². The average Bonchev–Trinajstić information content (AvgIpc) is 2.56. The molecule has 0 saturated heterocycles. The van der Waals surface area contributed by atoms with E-state index in [0.717, 1.165) is 0 Å². The number of benzene rings is 2. The molecule has 24 heavy (non-hydrogen) atoms. The highest BCUT2D eigenvalue weighted by molar-refractivity contribution is 6.42. The Morgan fingerprint density at radius 3 is 2.42 bits per heavy atom. The molecule has 0 aliphatic carbocycles. The molecule has 0 radical (unpaired) electrons. The Morgan fingerprint density at radius 2 is 1.75 bits per heavy atom. The second-order valence-electron chi connectivity index (χ2n) is 5.01. The number of carbonyl (C=O) groups is 2. The van der Waals surface area contributed by atoms with E-state index in [4.69, 9.17) is 23.2 Å². The lowest BCUT2D eigenvalue weighted by Gasteiger charge is -2.06. The Hall–Kier alpha value is -2.37. The molecule has 2 amide bonds. The second-order valence-corrected chi connectivity index (χ2v) is 5.82. The number of para-hydroxylation sites is 1. The molecule has 0 heterocycles. The van der Waals surface area contributed by atoms with Gasteiger partial charge in [-0.2, -0.15) is 5.10 Å². The molecular weight excluding hydrogens is 349 g/mol. The van der Waals surface area contributed by atoms with Gasteiger partial charge in [0, 0.05) is 17.0 Å². The van der Waals surface area contributed by atoms with Crippen molar-refractivity contribution in [2.24, 2.45) is 5.10 Å². The van der Waals surface area contributed by atoms with Crippen molar-refractivity contribution >= 4 is 46.4 Å². The van der Waals surface area contributed by atoms with E-state index >= 15 is 0 Å². The Kier molecular flexibility index (Phi) is 6.35. The molecule has 0 bridgehead atoms. The highest BCUT2D eigenvalue weighted by atomic mass is 35.5. The summed E-state index contributed by atoms with van der Waals surface area (Å²) >= 11 is 11.7. The van der Waals surface area contributed by atoms with Crippen LogP contribution in [0.25, 0.3) is 0 Å². The van der Waals surface area contributed by atoms with Crippen LogP contribution in [0.1, 0.15) is 23.7 Å². The minimum absolute atomic E-state index is 0.0660. The zero-order valence-corrected chi connectivity index (χ0v) is 14.4. The fourth-order valence-corrected chi connectivity index (χ4v) is 2.14. The number of amides is 2. The maximum Gasteiger partial charge on any atom is 0.271 e. The molecule has 124 valence electrons.